The minimum Gasteiger partial charge on any atom is -0.634 e. The number of nitrogens with zero attached hydrogens (tertiary/aromatic N) is 3. The number of H-pyrrole nitrogens is 1. The van der Waals surface area contributed by atoms with E-state index in [0.717, 1.165) is 0 Å². The predicted octanol–water partition coefficient (Wildman–Crippen LogP) is 1.96. The number of quaternary nitrogens is 1. The van der Waals surface area contributed by atoms with E-state index >= 15 is 0 Å². The molecule has 11 heteroatoms. The van der Waals surface area contributed by atoms with Gasteiger partial charge in [0, 0.05) is 18.4 Å². The molecule has 162 valence electrons. The van der Waals surface area contributed by atoms with Gasteiger partial charge in [-0.05, 0) is 12.5 Å². The van der Waals surface area contributed by atoms with E-state index in [1.165, 1.54) is 31.4 Å². The third-order valence-electron chi connectivity index (χ3n) is 4.72. The van der Waals surface area contributed by atoms with Gasteiger partial charge in [0.05, 0.1) is 25.8 Å². The summed E-state index contributed by atoms with van der Waals surface area (Å²) in [5.41, 5.74) is 0.127. The Labute approximate surface area is 169 Å². The van der Waals surface area contributed by atoms with Gasteiger partial charge in [-0.1, -0.05) is 25.1 Å². The van der Waals surface area contributed by atoms with Crippen molar-refractivity contribution in [3.05, 3.63) is 57.4 Å². The van der Waals surface area contributed by atoms with Crippen LogP contribution in [0, 0.1) is 5.21 Å². The van der Waals surface area contributed by atoms with Gasteiger partial charge < -0.3 is 20.0 Å². The summed E-state index contributed by atoms with van der Waals surface area (Å²) in [4.78, 5) is 19.5. The molecule has 3 rings (SSSR count). The van der Waals surface area contributed by atoms with E-state index in [0.29, 0.717) is 25.0 Å². The number of para-hydroxylation sites is 1. The van der Waals surface area contributed by atoms with E-state index < -0.39 is 11.9 Å². The van der Waals surface area contributed by atoms with Gasteiger partial charge in [-0.2, -0.15) is 5.10 Å². The summed E-state index contributed by atoms with van der Waals surface area (Å²) in [6.07, 6.45) is -2.26. The first-order valence-electron chi connectivity index (χ1n) is 9.47. The third-order valence-corrected chi connectivity index (χ3v) is 4.72. The van der Waals surface area contributed by atoms with Gasteiger partial charge in [-0.25, -0.2) is 9.67 Å². The van der Waals surface area contributed by atoms with E-state index in [4.69, 9.17) is 0 Å². The highest BCUT2D eigenvalue weighted by Crippen LogP contribution is 2.27. The van der Waals surface area contributed by atoms with Crippen molar-refractivity contribution in [2.75, 3.05) is 13.6 Å². The molecule has 0 saturated heterocycles. The Morgan fingerprint density at radius 2 is 2.07 bits per heavy atom. The van der Waals surface area contributed by atoms with Crippen LogP contribution in [0.3, 0.4) is 0 Å². The Hall–Kier alpha value is -2.92. The third kappa shape index (κ3) is 5.16. The molecule has 2 N–H and O–H groups in total. The Balaban J connectivity index is 1.96. The van der Waals surface area contributed by atoms with Gasteiger partial charge in [-0.15, -0.1) is 13.2 Å². The number of aromatic nitrogens is 4. The highest BCUT2D eigenvalue weighted by Gasteiger charge is 2.32. The fraction of sp³-hybridized carbons (Fsp3) is 0.421. The number of hydrogen-bond donors (Lipinski definition) is 2. The van der Waals surface area contributed by atoms with Crippen LogP contribution in [0.15, 0.2) is 35.3 Å². The van der Waals surface area contributed by atoms with E-state index in [2.05, 4.69) is 19.8 Å². The van der Waals surface area contributed by atoms with Crippen molar-refractivity contribution in [3.63, 3.8) is 0 Å². The summed E-state index contributed by atoms with van der Waals surface area (Å²) in [5.74, 6) is -0.164. The maximum atomic E-state index is 12.7. The van der Waals surface area contributed by atoms with Crippen molar-refractivity contribution in [2.24, 2.45) is 0 Å². The van der Waals surface area contributed by atoms with Crippen LogP contribution in [0.25, 0.3) is 11.0 Å². The van der Waals surface area contributed by atoms with Crippen molar-refractivity contribution < 1.29 is 23.0 Å². The lowest BCUT2D eigenvalue weighted by atomic mass is 10.1. The summed E-state index contributed by atoms with van der Waals surface area (Å²) in [7, 11) is 1.51. The number of halogens is 3. The second-order valence-electron chi connectivity index (χ2n) is 6.97. The minimum absolute atomic E-state index is 0.0534. The van der Waals surface area contributed by atoms with Gasteiger partial charge in [0.25, 0.3) is 5.56 Å². The number of aromatic amines is 1. The zero-order valence-electron chi connectivity index (χ0n) is 16.5. The van der Waals surface area contributed by atoms with Crippen LogP contribution in [0.2, 0.25) is 0 Å². The number of ether oxygens (including phenoxy) is 1. The Bertz CT molecular complexity index is 1060. The molecule has 2 atom stereocenters. The summed E-state index contributed by atoms with van der Waals surface area (Å²) in [6, 6.07) is 5.56. The zero-order valence-corrected chi connectivity index (χ0v) is 16.5. The van der Waals surface area contributed by atoms with Gasteiger partial charge in [-0.3, -0.25) is 4.79 Å². The van der Waals surface area contributed by atoms with E-state index in [1.807, 2.05) is 6.92 Å². The Kier molecular flexibility index (Phi) is 6.42. The average Bonchev–Trinajstić information content (AvgIpc) is 3.07. The van der Waals surface area contributed by atoms with Gasteiger partial charge in [0.2, 0.25) is 0 Å². The van der Waals surface area contributed by atoms with Gasteiger partial charge in [0.1, 0.15) is 17.0 Å². The van der Waals surface area contributed by atoms with Crippen LogP contribution in [0.4, 0.5) is 13.2 Å². The van der Waals surface area contributed by atoms with Crippen LogP contribution in [0.5, 0.6) is 5.75 Å². The van der Waals surface area contributed by atoms with Crippen molar-refractivity contribution in [3.8, 4) is 5.75 Å². The van der Waals surface area contributed by atoms with Crippen LogP contribution >= 0.6 is 0 Å². The maximum absolute atomic E-state index is 12.7. The summed E-state index contributed by atoms with van der Waals surface area (Å²) in [6.45, 7) is 2.31. The van der Waals surface area contributed by atoms with Crippen LogP contribution in [0.1, 0.15) is 37.2 Å². The molecule has 30 heavy (non-hydrogen) atoms. The molecular formula is C19H22F3N5O3. The Morgan fingerprint density at radius 3 is 2.73 bits per heavy atom. The normalized spacial score (nSPS) is 14.1. The molecular weight excluding hydrogens is 403 g/mol. The largest absolute Gasteiger partial charge is 0.634 e. The molecule has 0 saturated carbocycles. The molecule has 0 aliphatic carbocycles. The van der Waals surface area contributed by atoms with Gasteiger partial charge in [0.15, 0.2) is 5.65 Å². The molecule has 0 spiro atoms. The smallest absolute Gasteiger partial charge is 0.573 e. The van der Waals surface area contributed by atoms with Crippen LogP contribution in [-0.2, 0) is 6.42 Å². The van der Waals surface area contributed by atoms with Crippen molar-refractivity contribution in [2.45, 2.75) is 38.6 Å². The molecule has 0 bridgehead atoms. The lowest BCUT2D eigenvalue weighted by molar-refractivity contribution is -0.826. The predicted molar refractivity (Wildman–Crippen MR) is 103 cm³/mol. The van der Waals surface area contributed by atoms with E-state index in [9.17, 15) is 23.2 Å². The minimum atomic E-state index is -4.83. The molecule has 1 aromatic carbocycles. The SMILES string of the molecule is CCC(CC[NH+](C)[O-])n1ncc2c(=O)[nH]c(Cc3ccccc3OC(F)(F)F)nc21. The second kappa shape index (κ2) is 8.84. The average molecular weight is 425 g/mol. The molecule has 2 unspecified atom stereocenters. The molecule has 2 aromatic heterocycles. The molecule has 2 heterocycles. The topological polar surface area (TPSA) is 100 Å². The van der Waals surface area contributed by atoms with E-state index in [-0.39, 0.29) is 40.0 Å². The molecule has 0 amide bonds. The summed E-state index contributed by atoms with van der Waals surface area (Å²) < 4.78 is 43.7. The number of fused-ring (bicyclic) bond motifs is 1. The number of alkyl halides is 3. The van der Waals surface area contributed by atoms with Crippen LogP contribution in [-0.4, -0.2) is 39.7 Å². The standard InChI is InChI=1S/C19H22F3N5O3/c1-3-13(8-9-26(2)29)27-17-14(11-23-27)18(28)25-16(24-17)10-12-6-4-5-7-15(12)30-19(20,21)22/h4-7,11,13,26H,3,8-10H2,1-2H3,(H,24,25,28). The fourth-order valence-electron chi connectivity index (χ4n) is 3.26. The highest BCUT2D eigenvalue weighted by atomic mass is 19.4. The fourth-order valence-corrected chi connectivity index (χ4v) is 3.26. The maximum Gasteiger partial charge on any atom is 0.573 e. The van der Waals surface area contributed by atoms with Crippen LogP contribution < -0.4 is 15.4 Å². The summed E-state index contributed by atoms with van der Waals surface area (Å²) >= 11 is 0. The van der Waals surface area contributed by atoms with E-state index in [1.54, 1.807) is 10.7 Å². The molecule has 0 aliphatic rings. The first kappa shape index (κ1) is 21.8. The zero-order chi connectivity index (χ0) is 21.9. The number of benzene rings is 1. The Morgan fingerprint density at radius 1 is 1.33 bits per heavy atom. The number of nitrogens with one attached hydrogen (secondary N) is 2. The van der Waals surface area contributed by atoms with Crippen molar-refractivity contribution in [1.82, 2.24) is 19.7 Å². The lowest BCUT2D eigenvalue weighted by Gasteiger charge is -2.21. The first-order chi connectivity index (χ1) is 14.2. The number of hydrogen-bond acceptors (Lipinski definition) is 5. The molecule has 3 aromatic rings. The van der Waals surface area contributed by atoms with Crippen molar-refractivity contribution in [1.29, 1.82) is 0 Å². The van der Waals surface area contributed by atoms with Gasteiger partial charge >= 0.3 is 6.36 Å². The molecule has 8 nitrogen and oxygen atoms in total. The van der Waals surface area contributed by atoms with Crippen molar-refractivity contribution >= 4 is 11.0 Å². The molecule has 0 aliphatic heterocycles. The second-order valence-corrected chi connectivity index (χ2v) is 6.97. The lowest BCUT2D eigenvalue weighted by Crippen LogP contribution is -3.03. The molecule has 0 fully saturated rings. The summed E-state index contributed by atoms with van der Waals surface area (Å²) in [5, 5.41) is 15.9. The number of hydroxylamine groups is 2. The first-order valence-corrected chi connectivity index (χ1v) is 9.47. The highest BCUT2D eigenvalue weighted by molar-refractivity contribution is 5.73. The molecule has 0 radical (unpaired) electrons. The monoisotopic (exact) mass is 425 g/mol. The quantitative estimate of drug-likeness (QED) is 0.538. The number of rotatable bonds is 8.